The van der Waals surface area contributed by atoms with E-state index in [-0.39, 0.29) is 28.5 Å². The van der Waals surface area contributed by atoms with Crippen molar-refractivity contribution in [1.29, 1.82) is 0 Å². The van der Waals surface area contributed by atoms with Crippen LogP contribution in [0.1, 0.15) is 16.2 Å². The van der Waals surface area contributed by atoms with Gasteiger partial charge in [0.05, 0.1) is 24.6 Å². The van der Waals surface area contributed by atoms with Crippen molar-refractivity contribution in [1.82, 2.24) is 15.0 Å². The maximum atomic E-state index is 13.2. The Hall–Kier alpha value is -3.36. The molecule has 2 heterocycles. The van der Waals surface area contributed by atoms with E-state index in [1.54, 1.807) is 0 Å². The number of H-pyrrole nitrogens is 1. The largest absolute Gasteiger partial charge is 0.460 e. The third-order valence-corrected chi connectivity index (χ3v) is 3.51. The van der Waals surface area contributed by atoms with Gasteiger partial charge < -0.3 is 4.74 Å². The zero-order valence-electron chi connectivity index (χ0n) is 13.4. The number of aromatic nitrogens is 4. The Balaban J connectivity index is 2.07. The first-order chi connectivity index (χ1) is 12.4. The first-order valence-corrected chi connectivity index (χ1v) is 7.36. The highest BCUT2D eigenvalue weighted by Gasteiger charge is 2.33. The Morgan fingerprint density at radius 1 is 1.08 bits per heavy atom. The Labute approximate surface area is 145 Å². The molecule has 0 aliphatic heterocycles. The summed E-state index contributed by atoms with van der Waals surface area (Å²) in [7, 11) is 1.21. The molecule has 0 aliphatic carbocycles. The summed E-state index contributed by atoms with van der Waals surface area (Å²) >= 11 is 0. The van der Waals surface area contributed by atoms with Crippen molar-refractivity contribution in [2.24, 2.45) is 0 Å². The molecule has 3 aromatic rings. The summed E-state index contributed by atoms with van der Waals surface area (Å²) in [5, 5.41) is 0. The van der Waals surface area contributed by atoms with Crippen LogP contribution in [0.15, 0.2) is 48.9 Å². The molecular formula is C17H12F3N4O2+. The molecule has 2 aromatic heterocycles. The van der Waals surface area contributed by atoms with Crippen LogP contribution in [0.3, 0.4) is 0 Å². The molecule has 1 N–H and O–H groups in total. The summed E-state index contributed by atoms with van der Waals surface area (Å²) in [6.07, 6.45) is -1.91. The number of halogens is 3. The summed E-state index contributed by atoms with van der Waals surface area (Å²) in [5.41, 5.74) is -0.214. The number of carbonyl (C=O) groups is 1. The van der Waals surface area contributed by atoms with Gasteiger partial charge in [-0.25, -0.2) is 19.7 Å². The number of rotatable bonds is 3. The molecule has 0 saturated carbocycles. The lowest BCUT2D eigenvalue weighted by Crippen LogP contribution is -2.20. The minimum absolute atomic E-state index is 0.0548. The number of methoxy groups -OCH3 is 1. The van der Waals surface area contributed by atoms with Gasteiger partial charge in [-0.05, 0) is 17.1 Å². The Bertz CT molecular complexity index is 960. The standard InChI is InChI=1S/C17H11F3N4O2/c1-26-16(25)15-21-7-6-12(24-15)14-8-13(22-9-23-14)10-4-2-3-5-11(10)17(18,19)20/h2-9H,1H3/p+1. The van der Waals surface area contributed by atoms with E-state index in [0.717, 1.165) is 12.4 Å². The van der Waals surface area contributed by atoms with Crippen LogP contribution in [0.5, 0.6) is 0 Å². The third kappa shape index (κ3) is 3.51. The van der Waals surface area contributed by atoms with Gasteiger partial charge in [0.1, 0.15) is 12.0 Å². The van der Waals surface area contributed by atoms with Crippen LogP contribution in [0, 0.1) is 0 Å². The minimum atomic E-state index is -4.51. The smallest absolute Gasteiger partial charge is 0.425 e. The van der Waals surface area contributed by atoms with Crippen molar-refractivity contribution in [3.8, 4) is 22.6 Å². The highest BCUT2D eigenvalue weighted by Crippen LogP contribution is 2.36. The minimum Gasteiger partial charge on any atom is -0.460 e. The molecule has 6 nitrogen and oxygen atoms in total. The fraction of sp³-hybridized carbons (Fsp3) is 0.118. The van der Waals surface area contributed by atoms with Gasteiger partial charge in [-0.3, -0.25) is 0 Å². The van der Waals surface area contributed by atoms with Crippen molar-refractivity contribution in [3.05, 3.63) is 60.3 Å². The van der Waals surface area contributed by atoms with Crippen LogP contribution in [0.2, 0.25) is 0 Å². The average molecular weight is 361 g/mol. The number of nitrogens with zero attached hydrogens (tertiary/aromatic N) is 3. The van der Waals surface area contributed by atoms with Crippen LogP contribution in [0.25, 0.3) is 22.6 Å². The van der Waals surface area contributed by atoms with E-state index < -0.39 is 17.7 Å². The van der Waals surface area contributed by atoms with Gasteiger partial charge in [0.25, 0.3) is 0 Å². The van der Waals surface area contributed by atoms with Gasteiger partial charge in [0.15, 0.2) is 0 Å². The lowest BCUT2D eigenvalue weighted by atomic mass is 10.0. The molecule has 0 unspecified atom stereocenters. The molecule has 26 heavy (non-hydrogen) atoms. The first-order valence-electron chi connectivity index (χ1n) is 7.36. The molecule has 0 spiro atoms. The van der Waals surface area contributed by atoms with Crippen molar-refractivity contribution in [3.63, 3.8) is 0 Å². The predicted molar refractivity (Wildman–Crippen MR) is 83.6 cm³/mol. The molecule has 0 radical (unpaired) electrons. The number of carbonyl (C=O) groups excluding carboxylic acids is 1. The summed E-state index contributed by atoms with van der Waals surface area (Å²) in [6.45, 7) is 0. The number of alkyl halides is 3. The van der Waals surface area contributed by atoms with Crippen molar-refractivity contribution in [2.45, 2.75) is 6.18 Å². The summed E-state index contributed by atoms with van der Waals surface area (Å²) in [4.78, 5) is 26.2. The van der Waals surface area contributed by atoms with Crippen molar-refractivity contribution < 1.29 is 27.7 Å². The number of aromatic amines is 1. The Morgan fingerprint density at radius 3 is 2.54 bits per heavy atom. The average Bonchev–Trinajstić information content (AvgIpc) is 2.67. The van der Waals surface area contributed by atoms with Crippen molar-refractivity contribution >= 4 is 5.97 Å². The van der Waals surface area contributed by atoms with Crippen LogP contribution < -0.4 is 4.98 Å². The second-order valence-electron chi connectivity index (χ2n) is 5.15. The molecule has 9 heteroatoms. The lowest BCUT2D eigenvalue weighted by molar-refractivity contribution is -0.388. The van der Waals surface area contributed by atoms with Gasteiger partial charge in [0.2, 0.25) is 5.69 Å². The van der Waals surface area contributed by atoms with E-state index in [1.807, 2.05) is 0 Å². The SMILES string of the molecule is COC(=O)c1nc(-c2cc(-c3ccccc3C(F)(F)F)ncn2)cc[nH+]1. The van der Waals surface area contributed by atoms with E-state index >= 15 is 0 Å². The molecule has 132 valence electrons. The molecule has 0 fully saturated rings. The van der Waals surface area contributed by atoms with Crippen molar-refractivity contribution in [2.75, 3.05) is 7.11 Å². The Kier molecular flexibility index (Phi) is 4.61. The number of hydrogen-bond acceptors (Lipinski definition) is 5. The van der Waals surface area contributed by atoms with Gasteiger partial charge in [0, 0.05) is 11.6 Å². The fourth-order valence-electron chi connectivity index (χ4n) is 2.33. The van der Waals surface area contributed by atoms with Gasteiger partial charge in [-0.15, -0.1) is 0 Å². The highest BCUT2D eigenvalue weighted by molar-refractivity contribution is 5.84. The molecule has 1 aromatic carbocycles. The number of ether oxygens (including phenoxy) is 1. The van der Waals surface area contributed by atoms with E-state index in [0.29, 0.717) is 0 Å². The number of hydrogen-bond donors (Lipinski definition) is 0. The van der Waals surface area contributed by atoms with Crippen LogP contribution in [0.4, 0.5) is 13.2 Å². The third-order valence-electron chi connectivity index (χ3n) is 3.51. The highest BCUT2D eigenvalue weighted by atomic mass is 19.4. The molecule has 0 amide bonds. The fourth-order valence-corrected chi connectivity index (χ4v) is 2.33. The molecule has 0 aliphatic rings. The van der Waals surface area contributed by atoms with Gasteiger partial charge in [-0.2, -0.15) is 13.2 Å². The molecular weight excluding hydrogens is 349 g/mol. The molecule has 0 saturated heterocycles. The second kappa shape index (κ2) is 6.87. The summed E-state index contributed by atoms with van der Waals surface area (Å²) < 4.78 is 44.3. The summed E-state index contributed by atoms with van der Waals surface area (Å²) in [5.74, 6) is -0.732. The zero-order valence-corrected chi connectivity index (χ0v) is 13.4. The predicted octanol–water partition coefficient (Wildman–Crippen LogP) is 2.83. The monoisotopic (exact) mass is 361 g/mol. The topological polar surface area (TPSA) is 79.1 Å². The maximum absolute atomic E-state index is 13.2. The quantitative estimate of drug-likeness (QED) is 0.670. The molecule has 3 rings (SSSR count). The molecule has 0 bridgehead atoms. The van der Waals surface area contributed by atoms with Crippen LogP contribution in [-0.4, -0.2) is 28.0 Å². The zero-order chi connectivity index (χ0) is 18.7. The molecule has 0 atom stereocenters. The van der Waals surface area contributed by atoms with E-state index in [9.17, 15) is 18.0 Å². The first kappa shape index (κ1) is 17.5. The number of esters is 1. The number of benzene rings is 1. The second-order valence-corrected chi connectivity index (χ2v) is 5.15. The van der Waals surface area contributed by atoms with E-state index in [2.05, 4.69) is 24.7 Å². The normalized spacial score (nSPS) is 11.2. The van der Waals surface area contributed by atoms with Gasteiger partial charge in [-0.1, -0.05) is 18.2 Å². The van der Waals surface area contributed by atoms with Crippen LogP contribution >= 0.6 is 0 Å². The van der Waals surface area contributed by atoms with Crippen LogP contribution in [-0.2, 0) is 10.9 Å². The lowest BCUT2D eigenvalue weighted by Gasteiger charge is -2.12. The van der Waals surface area contributed by atoms with E-state index in [1.165, 1.54) is 43.6 Å². The Morgan fingerprint density at radius 2 is 1.81 bits per heavy atom. The summed E-state index contributed by atoms with van der Waals surface area (Å²) in [6, 6.07) is 8.05. The van der Waals surface area contributed by atoms with Gasteiger partial charge >= 0.3 is 18.0 Å². The van der Waals surface area contributed by atoms with E-state index in [4.69, 9.17) is 0 Å². The number of nitrogens with one attached hydrogen (secondary N) is 1. The maximum Gasteiger partial charge on any atom is 0.425 e.